The second-order valence-electron chi connectivity index (χ2n) is 9.00. The summed E-state index contributed by atoms with van der Waals surface area (Å²) in [5.41, 5.74) is 4.97. The van der Waals surface area contributed by atoms with Crippen LogP contribution in [-0.2, 0) is 13.0 Å². The average Bonchev–Trinajstić information content (AvgIpc) is 3.26. The summed E-state index contributed by atoms with van der Waals surface area (Å²) < 4.78 is 0. The molecule has 0 spiro atoms. The van der Waals surface area contributed by atoms with Crippen LogP contribution in [0, 0.1) is 6.92 Å². The number of H-pyrrole nitrogens is 1. The highest BCUT2D eigenvalue weighted by Gasteiger charge is 2.26. The Kier molecular flexibility index (Phi) is 7.46. The first-order valence-corrected chi connectivity index (χ1v) is 12.4. The van der Waals surface area contributed by atoms with Crippen LogP contribution in [0.4, 0.5) is 5.69 Å². The predicted octanol–water partition coefficient (Wildman–Crippen LogP) is 5.08. The monoisotopic (exact) mass is 462 g/mol. The van der Waals surface area contributed by atoms with E-state index in [9.17, 15) is 4.79 Å². The van der Waals surface area contributed by atoms with Gasteiger partial charge in [-0.2, -0.15) is 0 Å². The molecule has 0 radical (unpaired) electrons. The van der Waals surface area contributed by atoms with Crippen LogP contribution in [0.3, 0.4) is 0 Å². The number of fused-ring (bicyclic) bond motifs is 1. The molecule has 1 aromatic heterocycles. The summed E-state index contributed by atoms with van der Waals surface area (Å²) in [6.07, 6.45) is 3.38. The molecule has 3 aromatic rings. The van der Waals surface area contributed by atoms with Crippen molar-refractivity contribution in [1.29, 1.82) is 0 Å². The Labute approximate surface area is 201 Å². The van der Waals surface area contributed by atoms with Crippen LogP contribution in [0.15, 0.2) is 53.3 Å². The maximum Gasteiger partial charge on any atom is 0.253 e. The van der Waals surface area contributed by atoms with E-state index < -0.39 is 0 Å². The SMILES string of the molecule is CCc1ccc(NC(=S)N(Cc2cc3ccc(C)cc3[nH]c2=O)CC2CCCN2CC)cc1. The van der Waals surface area contributed by atoms with Crippen molar-refractivity contribution < 1.29 is 0 Å². The Morgan fingerprint density at radius 3 is 2.70 bits per heavy atom. The fraction of sp³-hybridized carbons (Fsp3) is 0.407. The number of hydrogen-bond acceptors (Lipinski definition) is 3. The van der Waals surface area contributed by atoms with Gasteiger partial charge < -0.3 is 15.2 Å². The number of hydrogen-bond donors (Lipinski definition) is 2. The number of benzene rings is 2. The van der Waals surface area contributed by atoms with Gasteiger partial charge in [0.2, 0.25) is 0 Å². The van der Waals surface area contributed by atoms with Gasteiger partial charge in [0.25, 0.3) is 5.56 Å². The molecule has 0 bridgehead atoms. The molecule has 1 unspecified atom stereocenters. The number of nitrogens with zero attached hydrogens (tertiary/aromatic N) is 2. The fourth-order valence-corrected chi connectivity index (χ4v) is 4.96. The lowest BCUT2D eigenvalue weighted by molar-refractivity contribution is 0.221. The Balaban J connectivity index is 1.59. The van der Waals surface area contributed by atoms with E-state index in [1.165, 1.54) is 12.0 Å². The molecule has 33 heavy (non-hydrogen) atoms. The number of anilines is 1. The first kappa shape index (κ1) is 23.5. The molecule has 1 aliphatic heterocycles. The minimum Gasteiger partial charge on any atom is -0.343 e. The van der Waals surface area contributed by atoms with E-state index in [1.807, 2.05) is 19.1 Å². The van der Waals surface area contributed by atoms with Crippen LogP contribution in [-0.4, -0.2) is 45.6 Å². The molecule has 174 valence electrons. The lowest BCUT2D eigenvalue weighted by Crippen LogP contribution is -2.44. The molecular weight excluding hydrogens is 428 g/mol. The van der Waals surface area contributed by atoms with Gasteiger partial charge in [-0.25, -0.2) is 0 Å². The Morgan fingerprint density at radius 2 is 1.97 bits per heavy atom. The van der Waals surface area contributed by atoms with Gasteiger partial charge in [-0.05, 0) is 92.3 Å². The number of likely N-dealkylation sites (tertiary alicyclic amines) is 1. The summed E-state index contributed by atoms with van der Waals surface area (Å²) in [7, 11) is 0. The van der Waals surface area contributed by atoms with Gasteiger partial charge >= 0.3 is 0 Å². The molecule has 2 aromatic carbocycles. The third-order valence-electron chi connectivity index (χ3n) is 6.68. The molecule has 4 rings (SSSR count). The van der Waals surface area contributed by atoms with Crippen molar-refractivity contribution in [2.24, 2.45) is 0 Å². The van der Waals surface area contributed by atoms with E-state index in [0.717, 1.165) is 60.2 Å². The molecule has 0 amide bonds. The average molecular weight is 463 g/mol. The minimum absolute atomic E-state index is 0.0491. The number of aromatic nitrogens is 1. The summed E-state index contributed by atoms with van der Waals surface area (Å²) in [5, 5.41) is 5.11. The maximum atomic E-state index is 12.9. The number of nitrogens with one attached hydrogen (secondary N) is 2. The third kappa shape index (κ3) is 5.63. The van der Waals surface area contributed by atoms with Crippen LogP contribution in [0.25, 0.3) is 10.9 Å². The fourth-order valence-electron chi connectivity index (χ4n) is 4.70. The van der Waals surface area contributed by atoms with Crippen molar-refractivity contribution in [2.45, 2.75) is 52.6 Å². The highest BCUT2D eigenvalue weighted by Crippen LogP contribution is 2.21. The van der Waals surface area contributed by atoms with E-state index in [4.69, 9.17) is 12.2 Å². The molecule has 2 heterocycles. The first-order chi connectivity index (χ1) is 16.0. The quantitative estimate of drug-likeness (QED) is 0.480. The lowest BCUT2D eigenvalue weighted by Gasteiger charge is -2.32. The molecule has 6 heteroatoms. The van der Waals surface area contributed by atoms with Gasteiger partial charge in [0.1, 0.15) is 0 Å². The summed E-state index contributed by atoms with van der Waals surface area (Å²) in [6.45, 7) is 9.84. The number of rotatable bonds is 7. The molecule has 0 saturated carbocycles. The topological polar surface area (TPSA) is 51.4 Å². The lowest BCUT2D eigenvalue weighted by atomic mass is 10.1. The van der Waals surface area contributed by atoms with Crippen molar-refractivity contribution in [3.8, 4) is 0 Å². The molecule has 1 atom stereocenters. The Morgan fingerprint density at radius 1 is 1.18 bits per heavy atom. The number of aromatic amines is 1. The summed E-state index contributed by atoms with van der Waals surface area (Å²) in [6, 6.07) is 17.0. The number of likely N-dealkylation sites (N-methyl/N-ethyl adjacent to an activating group) is 1. The minimum atomic E-state index is -0.0491. The van der Waals surface area contributed by atoms with Gasteiger partial charge in [-0.1, -0.05) is 38.1 Å². The Hall–Kier alpha value is -2.70. The Bertz CT molecular complexity index is 1170. The molecule has 2 N–H and O–H groups in total. The van der Waals surface area contributed by atoms with E-state index >= 15 is 0 Å². The van der Waals surface area contributed by atoms with Crippen LogP contribution < -0.4 is 10.9 Å². The van der Waals surface area contributed by atoms with Gasteiger partial charge in [0, 0.05) is 29.4 Å². The zero-order valence-electron chi connectivity index (χ0n) is 19.9. The third-order valence-corrected chi connectivity index (χ3v) is 7.04. The normalized spacial score (nSPS) is 16.3. The maximum absolute atomic E-state index is 12.9. The van der Waals surface area contributed by atoms with Crippen LogP contribution >= 0.6 is 12.2 Å². The zero-order chi connectivity index (χ0) is 23.4. The van der Waals surface area contributed by atoms with E-state index in [1.54, 1.807) is 0 Å². The summed E-state index contributed by atoms with van der Waals surface area (Å²) >= 11 is 5.87. The molecule has 5 nitrogen and oxygen atoms in total. The second-order valence-corrected chi connectivity index (χ2v) is 9.39. The largest absolute Gasteiger partial charge is 0.343 e. The van der Waals surface area contributed by atoms with Crippen molar-refractivity contribution in [1.82, 2.24) is 14.8 Å². The number of aryl methyl sites for hydroxylation is 2. The number of thiocarbonyl (C=S) groups is 1. The van der Waals surface area contributed by atoms with Crippen LogP contribution in [0.5, 0.6) is 0 Å². The molecule has 1 saturated heterocycles. The van der Waals surface area contributed by atoms with E-state index in [0.29, 0.717) is 17.7 Å². The van der Waals surface area contributed by atoms with E-state index in [2.05, 4.69) is 70.3 Å². The summed E-state index contributed by atoms with van der Waals surface area (Å²) in [5.74, 6) is 0. The smallest absolute Gasteiger partial charge is 0.253 e. The molecule has 0 aliphatic carbocycles. The van der Waals surface area contributed by atoms with Gasteiger partial charge in [0.15, 0.2) is 5.11 Å². The van der Waals surface area contributed by atoms with Crippen LogP contribution in [0.1, 0.15) is 43.4 Å². The molecular formula is C27H34N4OS. The number of pyridine rings is 1. The molecule has 1 aliphatic rings. The highest BCUT2D eigenvalue weighted by atomic mass is 32.1. The van der Waals surface area contributed by atoms with Crippen molar-refractivity contribution in [3.63, 3.8) is 0 Å². The van der Waals surface area contributed by atoms with Crippen LogP contribution in [0.2, 0.25) is 0 Å². The van der Waals surface area contributed by atoms with Gasteiger partial charge in [-0.15, -0.1) is 0 Å². The predicted molar refractivity (Wildman–Crippen MR) is 142 cm³/mol. The standard InChI is InChI=1S/C27H34N4OS/c1-4-20-9-12-23(13-10-20)28-27(33)31(18-24-7-6-14-30(24)5-2)17-22-16-21-11-8-19(3)15-25(21)29-26(22)32/h8-13,15-16,24H,4-7,14,17-18H2,1-3H3,(H,28,33)(H,29,32). The zero-order valence-corrected chi connectivity index (χ0v) is 20.7. The second kappa shape index (κ2) is 10.5. The molecule has 1 fully saturated rings. The first-order valence-electron chi connectivity index (χ1n) is 12.0. The van der Waals surface area contributed by atoms with E-state index in [-0.39, 0.29) is 5.56 Å². The van der Waals surface area contributed by atoms with Gasteiger partial charge in [-0.3, -0.25) is 9.69 Å². The highest BCUT2D eigenvalue weighted by molar-refractivity contribution is 7.80. The summed E-state index contributed by atoms with van der Waals surface area (Å²) in [4.78, 5) is 20.7. The van der Waals surface area contributed by atoms with Gasteiger partial charge in [0.05, 0.1) is 6.54 Å². The van der Waals surface area contributed by atoms with Crippen molar-refractivity contribution >= 4 is 33.9 Å². The van der Waals surface area contributed by atoms with Crippen molar-refractivity contribution in [3.05, 3.63) is 75.6 Å². The van der Waals surface area contributed by atoms with Crippen molar-refractivity contribution in [2.75, 3.05) is 25.0 Å².